The zero-order chi connectivity index (χ0) is 13.6. The second-order valence-corrected chi connectivity index (χ2v) is 5.92. The molecule has 1 aromatic heterocycles. The summed E-state index contributed by atoms with van der Waals surface area (Å²) in [6.07, 6.45) is 2.84. The average Bonchev–Trinajstić information content (AvgIpc) is 2.48. The molecular formula is C14H22BNO2. The standard InChI is InChI=1S/C14H22BNO2/c1-7-11-8-9-16-12(10(11)2)15-17-13(3,4)14(5,6)18-15/h8-9H,7H2,1-6H3. The van der Waals surface area contributed by atoms with Gasteiger partial charge in [-0.05, 0) is 58.2 Å². The minimum absolute atomic E-state index is 0.312. The van der Waals surface area contributed by atoms with Gasteiger partial charge in [0.15, 0.2) is 0 Å². The molecule has 0 saturated carbocycles. The summed E-state index contributed by atoms with van der Waals surface area (Å²) in [5.74, 6) is 0. The summed E-state index contributed by atoms with van der Waals surface area (Å²) in [5, 5.41) is 0. The highest BCUT2D eigenvalue weighted by molar-refractivity contribution is 6.61. The lowest BCUT2D eigenvalue weighted by Crippen LogP contribution is -2.41. The minimum Gasteiger partial charge on any atom is -0.398 e. The summed E-state index contributed by atoms with van der Waals surface area (Å²) >= 11 is 0. The molecule has 0 bridgehead atoms. The van der Waals surface area contributed by atoms with E-state index >= 15 is 0 Å². The van der Waals surface area contributed by atoms with E-state index in [2.05, 4.69) is 52.6 Å². The molecule has 98 valence electrons. The fourth-order valence-electron chi connectivity index (χ4n) is 2.17. The monoisotopic (exact) mass is 247 g/mol. The van der Waals surface area contributed by atoms with Gasteiger partial charge in [-0.25, -0.2) is 0 Å². The van der Waals surface area contributed by atoms with Gasteiger partial charge in [0.2, 0.25) is 0 Å². The molecule has 0 aliphatic carbocycles. The highest BCUT2D eigenvalue weighted by Crippen LogP contribution is 2.36. The average molecular weight is 247 g/mol. The van der Waals surface area contributed by atoms with Crippen LogP contribution in [-0.4, -0.2) is 23.3 Å². The van der Waals surface area contributed by atoms with Gasteiger partial charge in [-0.3, -0.25) is 4.98 Å². The summed E-state index contributed by atoms with van der Waals surface area (Å²) in [5.41, 5.74) is 2.77. The Morgan fingerprint density at radius 1 is 1.17 bits per heavy atom. The van der Waals surface area contributed by atoms with Crippen molar-refractivity contribution in [3.8, 4) is 0 Å². The van der Waals surface area contributed by atoms with Gasteiger partial charge < -0.3 is 9.31 Å². The molecule has 2 rings (SSSR count). The highest BCUT2D eigenvalue weighted by atomic mass is 16.7. The first-order chi connectivity index (χ1) is 8.28. The zero-order valence-corrected chi connectivity index (χ0v) is 12.2. The molecule has 4 heteroatoms. The van der Waals surface area contributed by atoms with Crippen LogP contribution in [0.5, 0.6) is 0 Å². The molecule has 2 heterocycles. The fourth-order valence-corrected chi connectivity index (χ4v) is 2.17. The van der Waals surface area contributed by atoms with Crippen molar-refractivity contribution in [1.82, 2.24) is 4.98 Å². The second kappa shape index (κ2) is 4.35. The number of hydrogen-bond acceptors (Lipinski definition) is 3. The van der Waals surface area contributed by atoms with E-state index in [1.54, 1.807) is 0 Å². The van der Waals surface area contributed by atoms with E-state index in [-0.39, 0.29) is 18.3 Å². The van der Waals surface area contributed by atoms with Crippen LogP contribution in [0, 0.1) is 6.92 Å². The van der Waals surface area contributed by atoms with Crippen LogP contribution < -0.4 is 5.59 Å². The Morgan fingerprint density at radius 2 is 1.72 bits per heavy atom. The molecule has 0 atom stereocenters. The van der Waals surface area contributed by atoms with E-state index in [1.165, 1.54) is 11.1 Å². The van der Waals surface area contributed by atoms with Crippen LogP contribution in [0.1, 0.15) is 45.7 Å². The minimum atomic E-state index is -0.360. The van der Waals surface area contributed by atoms with Crippen molar-refractivity contribution >= 4 is 12.7 Å². The molecule has 1 fully saturated rings. The van der Waals surface area contributed by atoms with Crippen molar-refractivity contribution in [3.05, 3.63) is 23.4 Å². The summed E-state index contributed by atoms with van der Waals surface area (Å²) in [7, 11) is -0.360. The van der Waals surface area contributed by atoms with Gasteiger partial charge in [-0.15, -0.1) is 0 Å². The van der Waals surface area contributed by atoms with E-state index in [9.17, 15) is 0 Å². The Labute approximate surface area is 110 Å². The summed E-state index contributed by atoms with van der Waals surface area (Å²) in [4.78, 5) is 4.45. The summed E-state index contributed by atoms with van der Waals surface area (Å²) in [6, 6.07) is 2.06. The third-order valence-electron chi connectivity index (χ3n) is 4.21. The molecule has 0 N–H and O–H groups in total. The predicted octanol–water partition coefficient (Wildman–Crippen LogP) is 2.25. The van der Waals surface area contributed by atoms with Gasteiger partial charge in [-0.2, -0.15) is 0 Å². The number of aromatic nitrogens is 1. The van der Waals surface area contributed by atoms with Crippen molar-refractivity contribution in [1.29, 1.82) is 0 Å². The van der Waals surface area contributed by atoms with Gasteiger partial charge in [-0.1, -0.05) is 6.92 Å². The van der Waals surface area contributed by atoms with Gasteiger partial charge >= 0.3 is 7.12 Å². The quantitative estimate of drug-likeness (QED) is 0.751. The van der Waals surface area contributed by atoms with Crippen molar-refractivity contribution in [2.24, 2.45) is 0 Å². The van der Waals surface area contributed by atoms with E-state index in [1.807, 2.05) is 6.20 Å². The molecule has 1 saturated heterocycles. The third-order valence-corrected chi connectivity index (χ3v) is 4.21. The maximum atomic E-state index is 6.05. The van der Waals surface area contributed by atoms with E-state index < -0.39 is 0 Å². The number of nitrogens with zero attached hydrogens (tertiary/aromatic N) is 1. The normalized spacial score (nSPS) is 21.3. The maximum Gasteiger partial charge on any atom is 0.514 e. The van der Waals surface area contributed by atoms with Crippen LogP contribution in [0.3, 0.4) is 0 Å². The Kier molecular flexibility index (Phi) is 3.28. The third kappa shape index (κ3) is 2.08. The molecule has 0 amide bonds. The molecule has 0 aromatic carbocycles. The van der Waals surface area contributed by atoms with Crippen LogP contribution in [0.2, 0.25) is 0 Å². The van der Waals surface area contributed by atoms with Crippen molar-refractivity contribution < 1.29 is 9.31 Å². The van der Waals surface area contributed by atoms with Gasteiger partial charge in [0, 0.05) is 6.20 Å². The van der Waals surface area contributed by atoms with Crippen LogP contribution in [-0.2, 0) is 15.7 Å². The van der Waals surface area contributed by atoms with E-state index in [0.29, 0.717) is 0 Å². The molecule has 1 aromatic rings. The molecule has 0 radical (unpaired) electrons. The Hall–Kier alpha value is -0.865. The Balaban J connectivity index is 2.35. The lowest BCUT2D eigenvalue weighted by atomic mass is 9.79. The number of aryl methyl sites for hydroxylation is 1. The maximum absolute atomic E-state index is 6.05. The van der Waals surface area contributed by atoms with Crippen LogP contribution in [0.4, 0.5) is 0 Å². The Morgan fingerprint density at radius 3 is 2.22 bits per heavy atom. The van der Waals surface area contributed by atoms with E-state index in [0.717, 1.165) is 12.0 Å². The van der Waals surface area contributed by atoms with Gasteiger partial charge in [0.05, 0.1) is 16.8 Å². The SMILES string of the molecule is CCc1ccnc(B2OC(C)(C)C(C)(C)O2)c1C. The number of pyridine rings is 1. The van der Waals surface area contributed by atoms with Crippen LogP contribution in [0.15, 0.2) is 12.3 Å². The molecule has 1 aliphatic heterocycles. The summed E-state index contributed by atoms with van der Waals surface area (Å²) < 4.78 is 12.1. The van der Waals surface area contributed by atoms with Crippen molar-refractivity contribution in [2.75, 3.05) is 0 Å². The lowest BCUT2D eigenvalue weighted by molar-refractivity contribution is 0.00578. The first-order valence-electron chi connectivity index (χ1n) is 6.58. The number of rotatable bonds is 2. The molecule has 0 spiro atoms. The largest absolute Gasteiger partial charge is 0.514 e. The molecular weight excluding hydrogens is 225 g/mol. The Bertz CT molecular complexity index is 441. The molecule has 0 unspecified atom stereocenters. The second-order valence-electron chi connectivity index (χ2n) is 5.92. The smallest absolute Gasteiger partial charge is 0.398 e. The van der Waals surface area contributed by atoms with Gasteiger partial charge in [0.1, 0.15) is 0 Å². The molecule has 18 heavy (non-hydrogen) atoms. The lowest BCUT2D eigenvalue weighted by Gasteiger charge is -2.32. The zero-order valence-electron chi connectivity index (χ0n) is 12.2. The van der Waals surface area contributed by atoms with E-state index in [4.69, 9.17) is 9.31 Å². The first-order valence-corrected chi connectivity index (χ1v) is 6.58. The van der Waals surface area contributed by atoms with Crippen LogP contribution in [0.25, 0.3) is 0 Å². The van der Waals surface area contributed by atoms with Gasteiger partial charge in [0.25, 0.3) is 0 Å². The van der Waals surface area contributed by atoms with Crippen molar-refractivity contribution in [2.45, 2.75) is 59.2 Å². The fraction of sp³-hybridized carbons (Fsp3) is 0.643. The first kappa shape index (κ1) is 13.6. The highest BCUT2D eigenvalue weighted by Gasteiger charge is 2.52. The molecule has 1 aliphatic rings. The van der Waals surface area contributed by atoms with Crippen LogP contribution >= 0.6 is 0 Å². The summed E-state index contributed by atoms with van der Waals surface area (Å²) in [6.45, 7) is 12.5. The predicted molar refractivity (Wildman–Crippen MR) is 74.1 cm³/mol. The topological polar surface area (TPSA) is 31.4 Å². The van der Waals surface area contributed by atoms with Crippen molar-refractivity contribution in [3.63, 3.8) is 0 Å². The number of hydrogen-bond donors (Lipinski definition) is 0. The molecule has 3 nitrogen and oxygen atoms in total.